The third-order valence-corrected chi connectivity index (χ3v) is 6.24. The highest BCUT2D eigenvalue weighted by atomic mass is 19.1. The standard InChI is InChI=1S/C31H27FN2O2/c32-25-13-11-22(12-14-25)17-18-33-30(24-9-5-2-6-10-24)31(35)28-20-34-29-19-26(15-16-27(28)29)36-21-23-7-3-1-4-8-23/h1-16,19-20,30,33-34H,17-18,21H2/t30-/m1/s1. The number of aromatic amines is 1. The number of ketones is 1. The number of hydrogen-bond acceptors (Lipinski definition) is 3. The van der Waals surface area contributed by atoms with Gasteiger partial charge in [0, 0.05) is 35.3 Å². The van der Waals surface area contributed by atoms with Crippen LogP contribution in [0.25, 0.3) is 10.9 Å². The third-order valence-electron chi connectivity index (χ3n) is 6.24. The van der Waals surface area contributed by atoms with Crippen LogP contribution in [0.5, 0.6) is 5.75 Å². The number of carbonyl (C=O) groups is 1. The number of halogens is 1. The Kier molecular flexibility index (Phi) is 7.20. The van der Waals surface area contributed by atoms with Crippen molar-refractivity contribution < 1.29 is 13.9 Å². The molecule has 1 heterocycles. The van der Waals surface area contributed by atoms with Crippen LogP contribution >= 0.6 is 0 Å². The molecule has 0 fully saturated rings. The number of H-pyrrole nitrogens is 1. The van der Waals surface area contributed by atoms with Crippen molar-refractivity contribution in [1.82, 2.24) is 10.3 Å². The SMILES string of the molecule is O=C(c1c[nH]c2cc(OCc3ccccc3)ccc12)[C@H](NCCc1ccc(F)cc1)c1ccccc1. The molecule has 0 aliphatic heterocycles. The predicted octanol–water partition coefficient (Wildman–Crippen LogP) is 6.64. The van der Waals surface area contributed by atoms with E-state index in [9.17, 15) is 9.18 Å². The molecule has 0 unspecified atom stereocenters. The van der Waals surface area contributed by atoms with E-state index in [1.807, 2.05) is 78.9 Å². The second-order valence-electron chi connectivity index (χ2n) is 8.72. The summed E-state index contributed by atoms with van der Waals surface area (Å²) >= 11 is 0. The Balaban J connectivity index is 1.33. The number of benzene rings is 4. The first-order chi connectivity index (χ1) is 17.7. The topological polar surface area (TPSA) is 54.1 Å². The van der Waals surface area contributed by atoms with E-state index in [0.29, 0.717) is 25.1 Å². The molecule has 2 N–H and O–H groups in total. The Morgan fingerprint density at radius 2 is 1.58 bits per heavy atom. The van der Waals surface area contributed by atoms with Crippen LogP contribution in [0.4, 0.5) is 4.39 Å². The van der Waals surface area contributed by atoms with Crippen molar-refractivity contribution >= 4 is 16.7 Å². The summed E-state index contributed by atoms with van der Waals surface area (Å²) in [7, 11) is 0. The van der Waals surface area contributed by atoms with Crippen molar-refractivity contribution in [2.45, 2.75) is 19.1 Å². The minimum Gasteiger partial charge on any atom is -0.489 e. The summed E-state index contributed by atoms with van der Waals surface area (Å²) in [6, 6.07) is 31.4. The lowest BCUT2D eigenvalue weighted by atomic mass is 9.96. The van der Waals surface area contributed by atoms with Gasteiger partial charge in [-0.3, -0.25) is 4.79 Å². The first-order valence-corrected chi connectivity index (χ1v) is 12.0. The number of aromatic nitrogens is 1. The zero-order valence-corrected chi connectivity index (χ0v) is 19.8. The highest BCUT2D eigenvalue weighted by Crippen LogP contribution is 2.28. The van der Waals surface area contributed by atoms with E-state index in [-0.39, 0.29) is 11.6 Å². The molecule has 180 valence electrons. The zero-order valence-electron chi connectivity index (χ0n) is 19.8. The second kappa shape index (κ2) is 11.0. The predicted molar refractivity (Wildman–Crippen MR) is 141 cm³/mol. The monoisotopic (exact) mass is 478 g/mol. The van der Waals surface area contributed by atoms with Gasteiger partial charge in [-0.05, 0) is 47.4 Å². The van der Waals surface area contributed by atoms with Crippen molar-refractivity contribution in [2.75, 3.05) is 6.54 Å². The zero-order chi connectivity index (χ0) is 24.7. The molecule has 5 heteroatoms. The average molecular weight is 479 g/mol. The Morgan fingerprint density at radius 1 is 0.861 bits per heavy atom. The highest BCUT2D eigenvalue weighted by Gasteiger charge is 2.24. The lowest BCUT2D eigenvalue weighted by Crippen LogP contribution is -2.30. The molecule has 1 atom stereocenters. The second-order valence-corrected chi connectivity index (χ2v) is 8.72. The number of carbonyl (C=O) groups excluding carboxylic acids is 1. The van der Waals surface area contributed by atoms with E-state index in [1.54, 1.807) is 18.3 Å². The van der Waals surface area contributed by atoms with E-state index in [2.05, 4.69) is 10.3 Å². The maximum Gasteiger partial charge on any atom is 0.186 e. The van der Waals surface area contributed by atoms with Crippen LogP contribution in [0, 0.1) is 5.82 Å². The van der Waals surface area contributed by atoms with Gasteiger partial charge in [0.2, 0.25) is 0 Å². The van der Waals surface area contributed by atoms with Crippen LogP contribution < -0.4 is 10.1 Å². The van der Waals surface area contributed by atoms with Gasteiger partial charge in [-0.1, -0.05) is 72.8 Å². The molecule has 5 aromatic rings. The lowest BCUT2D eigenvalue weighted by Gasteiger charge is -2.18. The van der Waals surface area contributed by atoms with Crippen molar-refractivity contribution in [2.24, 2.45) is 0 Å². The van der Waals surface area contributed by atoms with Crippen LogP contribution in [0.3, 0.4) is 0 Å². The van der Waals surface area contributed by atoms with Crippen molar-refractivity contribution in [3.05, 3.63) is 137 Å². The number of rotatable bonds is 10. The number of nitrogens with one attached hydrogen (secondary N) is 2. The lowest BCUT2D eigenvalue weighted by molar-refractivity contribution is 0.0945. The fourth-order valence-electron chi connectivity index (χ4n) is 4.31. The molecule has 0 bridgehead atoms. The van der Waals surface area contributed by atoms with Crippen LogP contribution in [-0.2, 0) is 13.0 Å². The molecule has 5 rings (SSSR count). The van der Waals surface area contributed by atoms with E-state index in [1.165, 1.54) is 12.1 Å². The molecule has 0 saturated heterocycles. The number of hydrogen-bond donors (Lipinski definition) is 2. The van der Waals surface area contributed by atoms with Gasteiger partial charge in [0.25, 0.3) is 0 Å². The molecule has 0 radical (unpaired) electrons. The molecule has 4 nitrogen and oxygen atoms in total. The summed E-state index contributed by atoms with van der Waals surface area (Å²) in [4.78, 5) is 17.0. The van der Waals surface area contributed by atoms with Gasteiger partial charge >= 0.3 is 0 Å². The molecule has 0 saturated carbocycles. The smallest absolute Gasteiger partial charge is 0.186 e. The number of fused-ring (bicyclic) bond motifs is 1. The largest absolute Gasteiger partial charge is 0.489 e. The molecular weight excluding hydrogens is 451 g/mol. The molecule has 36 heavy (non-hydrogen) atoms. The maximum atomic E-state index is 13.7. The number of ether oxygens (including phenoxy) is 1. The van der Waals surface area contributed by atoms with Gasteiger partial charge in [0.1, 0.15) is 18.2 Å². The third kappa shape index (κ3) is 5.53. The van der Waals surface area contributed by atoms with Gasteiger partial charge < -0.3 is 15.0 Å². The van der Waals surface area contributed by atoms with E-state index in [0.717, 1.165) is 33.3 Å². The Bertz CT molecular complexity index is 1430. The fraction of sp³-hybridized carbons (Fsp3) is 0.129. The summed E-state index contributed by atoms with van der Waals surface area (Å²) in [5.74, 6) is 0.478. The summed E-state index contributed by atoms with van der Waals surface area (Å²) in [5, 5.41) is 4.27. The average Bonchev–Trinajstić information content (AvgIpc) is 3.35. The molecule has 0 aliphatic rings. The minimum atomic E-state index is -0.500. The van der Waals surface area contributed by atoms with E-state index >= 15 is 0 Å². The number of Topliss-reactive ketones (excluding diaryl/α,β-unsaturated/α-hetero) is 1. The van der Waals surface area contributed by atoms with Crippen LogP contribution in [-0.4, -0.2) is 17.3 Å². The van der Waals surface area contributed by atoms with E-state index < -0.39 is 6.04 Å². The Hall–Kier alpha value is -4.22. The fourth-order valence-corrected chi connectivity index (χ4v) is 4.31. The Labute approximate surface area is 209 Å². The van der Waals surface area contributed by atoms with Gasteiger partial charge in [-0.15, -0.1) is 0 Å². The van der Waals surface area contributed by atoms with Crippen molar-refractivity contribution in [1.29, 1.82) is 0 Å². The van der Waals surface area contributed by atoms with Crippen molar-refractivity contribution in [3.8, 4) is 5.75 Å². The van der Waals surface area contributed by atoms with Crippen LogP contribution in [0.1, 0.15) is 33.1 Å². The van der Waals surface area contributed by atoms with Gasteiger partial charge in [0.05, 0.1) is 6.04 Å². The first kappa shape index (κ1) is 23.5. The quantitative estimate of drug-likeness (QED) is 0.221. The first-order valence-electron chi connectivity index (χ1n) is 12.0. The van der Waals surface area contributed by atoms with Crippen molar-refractivity contribution in [3.63, 3.8) is 0 Å². The normalized spacial score (nSPS) is 11.9. The molecule has 4 aromatic carbocycles. The molecule has 0 spiro atoms. The Morgan fingerprint density at radius 3 is 2.33 bits per heavy atom. The minimum absolute atomic E-state index is 0.00971. The molecule has 0 amide bonds. The highest BCUT2D eigenvalue weighted by molar-refractivity contribution is 6.10. The molecule has 1 aromatic heterocycles. The molecule has 0 aliphatic carbocycles. The summed E-state index contributed by atoms with van der Waals surface area (Å²) in [5.41, 5.74) is 4.49. The van der Waals surface area contributed by atoms with Crippen LogP contribution in [0.15, 0.2) is 109 Å². The van der Waals surface area contributed by atoms with Crippen LogP contribution in [0.2, 0.25) is 0 Å². The van der Waals surface area contributed by atoms with Gasteiger partial charge in [0.15, 0.2) is 5.78 Å². The summed E-state index contributed by atoms with van der Waals surface area (Å²) in [6.45, 7) is 1.06. The summed E-state index contributed by atoms with van der Waals surface area (Å²) in [6.07, 6.45) is 2.46. The van der Waals surface area contributed by atoms with Gasteiger partial charge in [-0.2, -0.15) is 0 Å². The summed E-state index contributed by atoms with van der Waals surface area (Å²) < 4.78 is 19.2. The van der Waals surface area contributed by atoms with Gasteiger partial charge in [-0.25, -0.2) is 4.39 Å². The maximum absolute atomic E-state index is 13.7. The molecular formula is C31H27FN2O2. The van der Waals surface area contributed by atoms with E-state index in [4.69, 9.17) is 4.74 Å².